The highest BCUT2D eigenvalue weighted by Gasteiger charge is 2.25. The van der Waals surface area contributed by atoms with Crippen molar-refractivity contribution in [3.05, 3.63) is 69.6 Å². The third-order valence-electron chi connectivity index (χ3n) is 3.18. The van der Waals surface area contributed by atoms with Crippen LogP contribution in [0.4, 0.5) is 4.39 Å². The molecule has 0 bridgehead atoms. The van der Waals surface area contributed by atoms with E-state index in [-0.39, 0.29) is 17.4 Å². The Kier molecular flexibility index (Phi) is 4.25. The number of aliphatic imine (C=N–C) groups is 1. The summed E-state index contributed by atoms with van der Waals surface area (Å²) >= 11 is 3.39. The molecule has 23 heavy (non-hydrogen) atoms. The number of hydrogen-bond donors (Lipinski definition) is 0. The van der Waals surface area contributed by atoms with Crippen molar-refractivity contribution in [1.29, 1.82) is 0 Å². The Labute approximate surface area is 140 Å². The molecule has 1 heterocycles. The molecule has 0 fully saturated rings. The number of carbonyl (C=O) groups is 1. The van der Waals surface area contributed by atoms with Crippen molar-refractivity contribution in [2.45, 2.75) is 0 Å². The summed E-state index contributed by atoms with van der Waals surface area (Å²) < 4.78 is 24.2. The molecule has 0 saturated heterocycles. The van der Waals surface area contributed by atoms with E-state index in [1.165, 1.54) is 18.2 Å². The van der Waals surface area contributed by atoms with Gasteiger partial charge in [-0.3, -0.25) is 0 Å². The minimum Gasteiger partial charge on any atom is -0.497 e. The first-order valence-corrected chi connectivity index (χ1v) is 7.48. The van der Waals surface area contributed by atoms with Crippen molar-refractivity contribution >= 4 is 33.9 Å². The third kappa shape index (κ3) is 3.32. The molecule has 0 N–H and O–H groups in total. The van der Waals surface area contributed by atoms with Gasteiger partial charge in [0, 0.05) is 4.47 Å². The quantitative estimate of drug-likeness (QED) is 0.602. The first kappa shape index (κ1) is 15.4. The van der Waals surface area contributed by atoms with Crippen molar-refractivity contribution in [1.82, 2.24) is 0 Å². The molecule has 6 heteroatoms. The summed E-state index contributed by atoms with van der Waals surface area (Å²) in [6, 6.07) is 11.1. The molecule has 116 valence electrons. The maximum Gasteiger partial charge on any atom is 0.363 e. The summed E-state index contributed by atoms with van der Waals surface area (Å²) in [5.74, 6) is -0.104. The standard InChI is InChI=1S/C17H11BrFNO3/c1-22-12-5-6-13(14(18)9-12)16-20-15(17(21)23-16)8-10-3-2-4-11(19)7-10/h2-9H,1H3. The molecular formula is C17H11BrFNO3. The molecule has 0 atom stereocenters. The van der Waals surface area contributed by atoms with Crippen molar-refractivity contribution in [3.8, 4) is 5.75 Å². The smallest absolute Gasteiger partial charge is 0.363 e. The lowest BCUT2D eigenvalue weighted by atomic mass is 10.2. The molecular weight excluding hydrogens is 365 g/mol. The minimum absolute atomic E-state index is 0.119. The van der Waals surface area contributed by atoms with Gasteiger partial charge in [-0.15, -0.1) is 0 Å². The number of cyclic esters (lactones) is 1. The lowest BCUT2D eigenvalue weighted by Gasteiger charge is -2.05. The maximum absolute atomic E-state index is 13.2. The number of hydrogen-bond acceptors (Lipinski definition) is 4. The van der Waals surface area contributed by atoms with Crippen molar-refractivity contribution in [2.75, 3.05) is 7.11 Å². The summed E-state index contributed by atoms with van der Waals surface area (Å²) in [6.07, 6.45) is 1.48. The summed E-state index contributed by atoms with van der Waals surface area (Å²) in [5, 5.41) is 0. The maximum atomic E-state index is 13.2. The van der Waals surface area contributed by atoms with Crippen LogP contribution >= 0.6 is 15.9 Å². The van der Waals surface area contributed by atoms with Gasteiger partial charge in [0.2, 0.25) is 5.90 Å². The molecule has 0 amide bonds. The van der Waals surface area contributed by atoms with Crippen LogP contribution in [0.2, 0.25) is 0 Å². The molecule has 0 spiro atoms. The molecule has 2 aromatic rings. The van der Waals surface area contributed by atoms with Gasteiger partial charge in [-0.1, -0.05) is 12.1 Å². The first-order chi connectivity index (χ1) is 11.1. The predicted octanol–water partition coefficient (Wildman–Crippen LogP) is 3.94. The largest absolute Gasteiger partial charge is 0.497 e. The van der Waals surface area contributed by atoms with E-state index >= 15 is 0 Å². The number of ether oxygens (including phenoxy) is 2. The highest BCUT2D eigenvalue weighted by Crippen LogP contribution is 2.27. The lowest BCUT2D eigenvalue weighted by Crippen LogP contribution is -2.06. The average molecular weight is 376 g/mol. The number of nitrogens with zero attached hydrogens (tertiary/aromatic N) is 1. The molecule has 0 radical (unpaired) electrons. The van der Waals surface area contributed by atoms with Crippen molar-refractivity contribution in [3.63, 3.8) is 0 Å². The monoisotopic (exact) mass is 375 g/mol. The van der Waals surface area contributed by atoms with E-state index in [1.54, 1.807) is 37.4 Å². The Bertz CT molecular complexity index is 845. The fraction of sp³-hybridized carbons (Fsp3) is 0.0588. The SMILES string of the molecule is COc1ccc(C2=NC(=Cc3cccc(F)c3)C(=O)O2)c(Br)c1. The third-order valence-corrected chi connectivity index (χ3v) is 3.84. The van der Waals surface area contributed by atoms with Crippen LogP contribution < -0.4 is 4.74 Å². The molecule has 1 aliphatic rings. The summed E-state index contributed by atoms with van der Waals surface area (Å²) in [6.45, 7) is 0. The number of methoxy groups -OCH3 is 1. The van der Waals surface area contributed by atoms with Gasteiger partial charge in [-0.05, 0) is 57.9 Å². The van der Waals surface area contributed by atoms with E-state index in [1.807, 2.05) is 0 Å². The Morgan fingerprint density at radius 2 is 2.09 bits per heavy atom. The second-order valence-corrected chi connectivity index (χ2v) is 5.59. The predicted molar refractivity (Wildman–Crippen MR) is 87.7 cm³/mol. The van der Waals surface area contributed by atoms with Crippen LogP contribution in [0, 0.1) is 5.82 Å². The van der Waals surface area contributed by atoms with Crippen LogP contribution in [-0.2, 0) is 9.53 Å². The summed E-state index contributed by atoms with van der Waals surface area (Å²) in [4.78, 5) is 16.1. The minimum atomic E-state index is -0.577. The molecule has 0 aliphatic carbocycles. The second kappa shape index (κ2) is 6.34. The van der Waals surface area contributed by atoms with Gasteiger partial charge >= 0.3 is 5.97 Å². The molecule has 0 aromatic heterocycles. The fourth-order valence-electron chi connectivity index (χ4n) is 2.07. The van der Waals surface area contributed by atoms with Crippen molar-refractivity contribution in [2.24, 2.45) is 4.99 Å². The Morgan fingerprint density at radius 1 is 1.26 bits per heavy atom. The number of esters is 1. The van der Waals surface area contributed by atoms with E-state index in [0.29, 0.717) is 21.3 Å². The lowest BCUT2D eigenvalue weighted by molar-refractivity contribution is -0.129. The zero-order valence-corrected chi connectivity index (χ0v) is 13.6. The van der Waals surface area contributed by atoms with Gasteiger partial charge in [-0.25, -0.2) is 14.2 Å². The number of benzene rings is 2. The van der Waals surface area contributed by atoms with Gasteiger partial charge in [0.25, 0.3) is 0 Å². The zero-order valence-electron chi connectivity index (χ0n) is 12.0. The summed E-state index contributed by atoms with van der Waals surface area (Å²) in [5.41, 5.74) is 1.28. The molecule has 4 nitrogen and oxygen atoms in total. The topological polar surface area (TPSA) is 47.9 Å². The van der Waals surface area contributed by atoms with E-state index in [4.69, 9.17) is 9.47 Å². The number of halogens is 2. The number of rotatable bonds is 3. The highest BCUT2D eigenvalue weighted by molar-refractivity contribution is 9.10. The average Bonchev–Trinajstić information content (AvgIpc) is 2.88. The molecule has 2 aromatic carbocycles. The first-order valence-electron chi connectivity index (χ1n) is 6.69. The van der Waals surface area contributed by atoms with Crippen LogP contribution in [0.1, 0.15) is 11.1 Å². The van der Waals surface area contributed by atoms with Gasteiger partial charge in [0.15, 0.2) is 5.70 Å². The fourth-order valence-corrected chi connectivity index (χ4v) is 2.60. The Morgan fingerprint density at radius 3 is 2.78 bits per heavy atom. The van der Waals surface area contributed by atoms with Crippen molar-refractivity contribution < 1.29 is 18.7 Å². The van der Waals surface area contributed by atoms with Crippen LogP contribution in [0.3, 0.4) is 0 Å². The van der Waals surface area contributed by atoms with Crippen LogP contribution in [-0.4, -0.2) is 19.0 Å². The molecule has 0 unspecified atom stereocenters. The highest BCUT2D eigenvalue weighted by atomic mass is 79.9. The molecule has 3 rings (SSSR count). The van der Waals surface area contributed by atoms with E-state index in [9.17, 15) is 9.18 Å². The summed E-state index contributed by atoms with van der Waals surface area (Å²) in [7, 11) is 1.56. The van der Waals surface area contributed by atoms with Gasteiger partial charge in [-0.2, -0.15) is 0 Å². The second-order valence-electron chi connectivity index (χ2n) is 4.74. The Balaban J connectivity index is 1.95. The normalized spacial score (nSPS) is 15.5. The van der Waals surface area contributed by atoms with E-state index in [0.717, 1.165) is 0 Å². The zero-order chi connectivity index (χ0) is 16.4. The van der Waals surface area contributed by atoms with Crippen LogP contribution in [0.5, 0.6) is 5.75 Å². The molecule has 1 aliphatic heterocycles. The van der Waals surface area contributed by atoms with Gasteiger partial charge < -0.3 is 9.47 Å². The molecule has 0 saturated carbocycles. The Hall–Kier alpha value is -2.47. The number of carbonyl (C=O) groups excluding carboxylic acids is 1. The van der Waals surface area contributed by atoms with Gasteiger partial charge in [0.05, 0.1) is 12.7 Å². The van der Waals surface area contributed by atoms with Crippen LogP contribution in [0.15, 0.2) is 57.6 Å². The van der Waals surface area contributed by atoms with E-state index < -0.39 is 5.97 Å². The van der Waals surface area contributed by atoms with Gasteiger partial charge in [0.1, 0.15) is 11.6 Å². The van der Waals surface area contributed by atoms with E-state index in [2.05, 4.69) is 20.9 Å². The van der Waals surface area contributed by atoms with Crippen LogP contribution in [0.25, 0.3) is 6.08 Å².